The Morgan fingerprint density at radius 3 is 2.38 bits per heavy atom. The van der Waals surface area contributed by atoms with Crippen LogP contribution in [0.5, 0.6) is 11.5 Å². The lowest BCUT2D eigenvalue weighted by Crippen LogP contribution is -2.00. The van der Waals surface area contributed by atoms with Crippen molar-refractivity contribution in [1.29, 1.82) is 5.26 Å². The third-order valence-electron chi connectivity index (χ3n) is 2.93. The standard InChI is InChI=1S/C15H14BrN3O2/c1-20-14-6-11(18)13(7-15(14)21-2)19-12-5-10(16)4-3-9(12)8-17/h3-7,19H,18H2,1-2H3. The number of methoxy groups -OCH3 is 2. The van der Waals surface area contributed by atoms with Crippen molar-refractivity contribution in [1.82, 2.24) is 0 Å². The second-order valence-electron chi connectivity index (χ2n) is 4.22. The van der Waals surface area contributed by atoms with E-state index in [2.05, 4.69) is 27.3 Å². The summed E-state index contributed by atoms with van der Waals surface area (Å²) in [5.41, 5.74) is 8.32. The fourth-order valence-electron chi connectivity index (χ4n) is 1.87. The van der Waals surface area contributed by atoms with E-state index < -0.39 is 0 Å². The van der Waals surface area contributed by atoms with Gasteiger partial charge in [-0.2, -0.15) is 5.26 Å². The Bertz CT molecular complexity index is 711. The summed E-state index contributed by atoms with van der Waals surface area (Å²) in [4.78, 5) is 0. The number of nitrogens with one attached hydrogen (secondary N) is 1. The molecule has 0 aliphatic heterocycles. The van der Waals surface area contributed by atoms with Crippen LogP contribution < -0.4 is 20.5 Å². The van der Waals surface area contributed by atoms with Gasteiger partial charge < -0.3 is 20.5 Å². The number of hydrogen-bond donors (Lipinski definition) is 2. The first-order valence-electron chi connectivity index (χ1n) is 6.07. The van der Waals surface area contributed by atoms with Gasteiger partial charge in [-0.1, -0.05) is 15.9 Å². The third-order valence-corrected chi connectivity index (χ3v) is 3.42. The largest absolute Gasteiger partial charge is 0.493 e. The van der Waals surface area contributed by atoms with Crippen molar-refractivity contribution < 1.29 is 9.47 Å². The Hall–Kier alpha value is -2.39. The van der Waals surface area contributed by atoms with Crippen LogP contribution >= 0.6 is 15.9 Å². The number of rotatable bonds is 4. The summed E-state index contributed by atoms with van der Waals surface area (Å²) >= 11 is 3.38. The Morgan fingerprint density at radius 1 is 1.10 bits per heavy atom. The molecule has 0 aliphatic carbocycles. The summed E-state index contributed by atoms with van der Waals surface area (Å²) in [5.74, 6) is 1.11. The highest BCUT2D eigenvalue weighted by atomic mass is 79.9. The van der Waals surface area contributed by atoms with E-state index in [0.29, 0.717) is 34.1 Å². The molecule has 3 N–H and O–H groups in total. The maximum Gasteiger partial charge on any atom is 0.162 e. The zero-order valence-corrected chi connectivity index (χ0v) is 13.2. The molecule has 0 aliphatic rings. The molecular formula is C15H14BrN3O2. The van der Waals surface area contributed by atoms with E-state index in [1.54, 1.807) is 32.4 Å². The molecule has 0 spiro atoms. The van der Waals surface area contributed by atoms with Gasteiger partial charge in [0.1, 0.15) is 6.07 Å². The van der Waals surface area contributed by atoms with Crippen molar-refractivity contribution in [2.24, 2.45) is 0 Å². The molecule has 0 aromatic heterocycles. The van der Waals surface area contributed by atoms with Crippen LogP contribution in [0.1, 0.15) is 5.56 Å². The molecule has 0 bridgehead atoms. The minimum absolute atomic E-state index is 0.497. The normalized spacial score (nSPS) is 9.81. The number of hydrogen-bond acceptors (Lipinski definition) is 5. The van der Waals surface area contributed by atoms with Gasteiger partial charge in [0, 0.05) is 16.6 Å². The highest BCUT2D eigenvalue weighted by Crippen LogP contribution is 2.37. The van der Waals surface area contributed by atoms with Gasteiger partial charge in [-0.25, -0.2) is 0 Å². The van der Waals surface area contributed by atoms with Gasteiger partial charge >= 0.3 is 0 Å². The first-order valence-corrected chi connectivity index (χ1v) is 6.86. The van der Waals surface area contributed by atoms with E-state index in [1.165, 1.54) is 0 Å². The van der Waals surface area contributed by atoms with Gasteiger partial charge in [0.2, 0.25) is 0 Å². The molecule has 0 unspecified atom stereocenters. The highest BCUT2D eigenvalue weighted by molar-refractivity contribution is 9.10. The summed E-state index contributed by atoms with van der Waals surface area (Å²) < 4.78 is 11.3. The number of ether oxygens (including phenoxy) is 2. The van der Waals surface area contributed by atoms with Crippen LogP contribution in [0, 0.1) is 11.3 Å². The number of nitrogens with zero attached hydrogens (tertiary/aromatic N) is 1. The van der Waals surface area contributed by atoms with Crippen LogP contribution in [0.15, 0.2) is 34.8 Å². The average molecular weight is 348 g/mol. The van der Waals surface area contributed by atoms with E-state index in [0.717, 1.165) is 4.47 Å². The van der Waals surface area contributed by atoms with Crippen molar-refractivity contribution in [2.75, 3.05) is 25.3 Å². The van der Waals surface area contributed by atoms with E-state index >= 15 is 0 Å². The second-order valence-corrected chi connectivity index (χ2v) is 5.14. The van der Waals surface area contributed by atoms with Crippen molar-refractivity contribution >= 4 is 33.0 Å². The van der Waals surface area contributed by atoms with Gasteiger partial charge in [-0.3, -0.25) is 0 Å². The molecule has 0 heterocycles. The van der Waals surface area contributed by atoms with Gasteiger partial charge in [-0.15, -0.1) is 0 Å². The van der Waals surface area contributed by atoms with Crippen LogP contribution in [0.4, 0.5) is 17.1 Å². The molecular weight excluding hydrogens is 334 g/mol. The van der Waals surface area contributed by atoms with Gasteiger partial charge in [0.05, 0.1) is 36.8 Å². The molecule has 2 aromatic rings. The Kier molecular flexibility index (Phi) is 4.55. The maximum atomic E-state index is 9.16. The van der Waals surface area contributed by atoms with E-state index in [9.17, 15) is 0 Å². The lowest BCUT2D eigenvalue weighted by atomic mass is 10.1. The lowest BCUT2D eigenvalue weighted by molar-refractivity contribution is 0.355. The van der Waals surface area contributed by atoms with E-state index in [4.69, 9.17) is 20.5 Å². The number of anilines is 3. The number of nitrogens with two attached hydrogens (primary N) is 1. The SMILES string of the molecule is COc1cc(N)c(Nc2cc(Br)ccc2C#N)cc1OC. The van der Waals surface area contributed by atoms with Crippen molar-refractivity contribution in [3.63, 3.8) is 0 Å². The Morgan fingerprint density at radius 2 is 1.76 bits per heavy atom. The fourth-order valence-corrected chi connectivity index (χ4v) is 2.23. The van der Waals surface area contributed by atoms with E-state index in [-0.39, 0.29) is 0 Å². The first-order chi connectivity index (χ1) is 10.1. The molecule has 5 nitrogen and oxygen atoms in total. The van der Waals surface area contributed by atoms with Crippen LogP contribution in [-0.4, -0.2) is 14.2 Å². The van der Waals surface area contributed by atoms with Crippen LogP contribution in [0.2, 0.25) is 0 Å². The Balaban J connectivity index is 2.45. The molecule has 0 saturated heterocycles. The summed E-state index contributed by atoms with van der Waals surface area (Å²) in [6.07, 6.45) is 0. The zero-order valence-electron chi connectivity index (χ0n) is 11.6. The summed E-state index contributed by atoms with van der Waals surface area (Å²) in [7, 11) is 3.10. The molecule has 0 atom stereocenters. The molecule has 21 heavy (non-hydrogen) atoms. The molecule has 0 fully saturated rings. The number of nitrogen functional groups attached to an aromatic ring is 1. The fraction of sp³-hybridized carbons (Fsp3) is 0.133. The third kappa shape index (κ3) is 3.20. The zero-order chi connectivity index (χ0) is 15.4. The molecule has 2 rings (SSSR count). The smallest absolute Gasteiger partial charge is 0.162 e. The topological polar surface area (TPSA) is 80.3 Å². The van der Waals surface area contributed by atoms with Crippen molar-refractivity contribution in [3.05, 3.63) is 40.4 Å². The monoisotopic (exact) mass is 347 g/mol. The van der Waals surface area contributed by atoms with Crippen molar-refractivity contribution in [2.45, 2.75) is 0 Å². The minimum atomic E-state index is 0.497. The quantitative estimate of drug-likeness (QED) is 0.824. The lowest BCUT2D eigenvalue weighted by Gasteiger charge is -2.15. The minimum Gasteiger partial charge on any atom is -0.493 e. The van der Waals surface area contributed by atoms with Gasteiger partial charge in [0.15, 0.2) is 11.5 Å². The summed E-state index contributed by atoms with van der Waals surface area (Å²) in [6.45, 7) is 0. The van der Waals surface area contributed by atoms with Crippen LogP contribution in [0.25, 0.3) is 0 Å². The van der Waals surface area contributed by atoms with Crippen LogP contribution in [0.3, 0.4) is 0 Å². The average Bonchev–Trinajstić information content (AvgIpc) is 2.49. The van der Waals surface area contributed by atoms with Crippen molar-refractivity contribution in [3.8, 4) is 17.6 Å². The van der Waals surface area contributed by atoms with Gasteiger partial charge in [-0.05, 0) is 18.2 Å². The summed E-state index contributed by atoms with van der Waals surface area (Å²) in [5, 5.41) is 12.3. The molecule has 6 heteroatoms. The first kappa shape index (κ1) is 15.0. The van der Waals surface area contributed by atoms with Gasteiger partial charge in [0.25, 0.3) is 0 Å². The molecule has 0 radical (unpaired) electrons. The molecule has 2 aromatic carbocycles. The molecule has 108 valence electrons. The summed E-state index contributed by atoms with van der Waals surface area (Å²) in [6, 6.07) is 10.9. The molecule has 0 amide bonds. The van der Waals surface area contributed by atoms with Crippen LogP contribution in [-0.2, 0) is 0 Å². The molecule has 0 saturated carbocycles. The van der Waals surface area contributed by atoms with E-state index in [1.807, 2.05) is 12.1 Å². The predicted molar refractivity (Wildman–Crippen MR) is 86.1 cm³/mol. The number of halogens is 1. The Labute approximate surface area is 131 Å². The number of nitriles is 1. The maximum absolute atomic E-state index is 9.16. The predicted octanol–water partition coefficient (Wildman–Crippen LogP) is 3.66. The second kappa shape index (κ2) is 6.37. The number of benzene rings is 2. The highest BCUT2D eigenvalue weighted by Gasteiger charge is 2.11.